The lowest BCUT2D eigenvalue weighted by molar-refractivity contribution is -0.0263. The van der Waals surface area contributed by atoms with E-state index in [0.29, 0.717) is 26.1 Å². The molecule has 2 rings (SSSR count). The SMILES string of the molecule is CC1OCCC1(O)CNCc1ncc[nH]1. The van der Waals surface area contributed by atoms with Crippen LogP contribution in [0.3, 0.4) is 0 Å². The van der Waals surface area contributed by atoms with Crippen LogP contribution in [0.1, 0.15) is 19.2 Å². The van der Waals surface area contributed by atoms with E-state index < -0.39 is 5.60 Å². The Morgan fingerprint density at radius 1 is 1.80 bits per heavy atom. The molecule has 15 heavy (non-hydrogen) atoms. The van der Waals surface area contributed by atoms with Gasteiger partial charge in [0.2, 0.25) is 0 Å². The second kappa shape index (κ2) is 4.30. The van der Waals surface area contributed by atoms with Crippen LogP contribution in [0.25, 0.3) is 0 Å². The summed E-state index contributed by atoms with van der Waals surface area (Å²) in [6.07, 6.45) is 4.10. The second-order valence-electron chi connectivity index (χ2n) is 4.01. The van der Waals surface area contributed by atoms with E-state index in [1.807, 2.05) is 6.92 Å². The predicted octanol–water partition coefficient (Wildman–Crippen LogP) is 0.0392. The zero-order valence-electron chi connectivity index (χ0n) is 8.86. The monoisotopic (exact) mass is 211 g/mol. The van der Waals surface area contributed by atoms with Crippen LogP contribution in [-0.4, -0.2) is 39.9 Å². The third-order valence-electron chi connectivity index (χ3n) is 2.94. The first-order chi connectivity index (χ1) is 7.21. The van der Waals surface area contributed by atoms with Crippen molar-refractivity contribution in [3.8, 4) is 0 Å². The molecule has 0 amide bonds. The van der Waals surface area contributed by atoms with Crippen LogP contribution < -0.4 is 5.32 Å². The van der Waals surface area contributed by atoms with Crippen molar-refractivity contribution in [2.75, 3.05) is 13.2 Å². The molecule has 0 radical (unpaired) electrons. The van der Waals surface area contributed by atoms with Crippen LogP contribution in [0.4, 0.5) is 0 Å². The maximum atomic E-state index is 10.2. The van der Waals surface area contributed by atoms with E-state index in [-0.39, 0.29) is 6.10 Å². The molecule has 0 bridgehead atoms. The summed E-state index contributed by atoms with van der Waals surface area (Å²) in [5.41, 5.74) is -0.730. The summed E-state index contributed by atoms with van der Waals surface area (Å²) in [6.45, 7) is 3.72. The maximum Gasteiger partial charge on any atom is 0.120 e. The van der Waals surface area contributed by atoms with Gasteiger partial charge < -0.3 is 20.1 Å². The summed E-state index contributed by atoms with van der Waals surface area (Å²) in [5, 5.41) is 13.3. The van der Waals surface area contributed by atoms with Gasteiger partial charge in [-0.05, 0) is 6.92 Å². The van der Waals surface area contributed by atoms with Crippen molar-refractivity contribution in [3.05, 3.63) is 18.2 Å². The molecule has 0 aliphatic carbocycles. The van der Waals surface area contributed by atoms with Gasteiger partial charge in [-0.2, -0.15) is 0 Å². The summed E-state index contributed by atoms with van der Waals surface area (Å²) in [6, 6.07) is 0. The fourth-order valence-electron chi connectivity index (χ4n) is 1.79. The van der Waals surface area contributed by atoms with E-state index in [1.165, 1.54) is 0 Å². The molecule has 3 N–H and O–H groups in total. The molecule has 5 nitrogen and oxygen atoms in total. The molecular formula is C10H17N3O2. The number of hydrogen-bond acceptors (Lipinski definition) is 4. The standard InChI is InChI=1S/C10H17N3O2/c1-8-10(14,2-5-15-8)7-11-6-9-12-3-4-13-9/h3-4,8,11,14H,2,5-7H2,1H3,(H,12,13). The lowest BCUT2D eigenvalue weighted by Gasteiger charge is -2.26. The van der Waals surface area contributed by atoms with Gasteiger partial charge in [0.25, 0.3) is 0 Å². The first kappa shape index (κ1) is 10.6. The number of H-pyrrole nitrogens is 1. The van der Waals surface area contributed by atoms with Gasteiger partial charge in [0.05, 0.1) is 12.6 Å². The third kappa shape index (κ3) is 2.37. The van der Waals surface area contributed by atoms with Gasteiger partial charge in [-0.15, -0.1) is 0 Å². The molecule has 5 heteroatoms. The maximum absolute atomic E-state index is 10.2. The quantitative estimate of drug-likeness (QED) is 0.657. The molecule has 1 saturated heterocycles. The van der Waals surface area contributed by atoms with Crippen LogP contribution in [0.2, 0.25) is 0 Å². The average Bonchev–Trinajstić information content (AvgIpc) is 2.79. The number of aromatic amines is 1. The largest absolute Gasteiger partial charge is 0.386 e. The van der Waals surface area contributed by atoms with Gasteiger partial charge >= 0.3 is 0 Å². The topological polar surface area (TPSA) is 70.2 Å². The highest BCUT2D eigenvalue weighted by molar-refractivity contribution is 4.93. The number of rotatable bonds is 4. The fourth-order valence-corrected chi connectivity index (χ4v) is 1.79. The van der Waals surface area contributed by atoms with E-state index in [1.54, 1.807) is 12.4 Å². The number of ether oxygens (including phenoxy) is 1. The number of aromatic nitrogens is 2. The first-order valence-corrected chi connectivity index (χ1v) is 5.24. The molecule has 1 aromatic heterocycles. The highest BCUT2D eigenvalue weighted by atomic mass is 16.5. The predicted molar refractivity (Wildman–Crippen MR) is 55.3 cm³/mol. The van der Waals surface area contributed by atoms with Gasteiger partial charge in [0.1, 0.15) is 11.4 Å². The highest BCUT2D eigenvalue weighted by Crippen LogP contribution is 2.24. The van der Waals surface area contributed by atoms with E-state index in [2.05, 4.69) is 15.3 Å². The van der Waals surface area contributed by atoms with Gasteiger partial charge in [-0.1, -0.05) is 0 Å². The summed E-state index contributed by atoms with van der Waals surface area (Å²) in [5.74, 6) is 0.880. The minimum Gasteiger partial charge on any atom is -0.386 e. The smallest absolute Gasteiger partial charge is 0.120 e. The van der Waals surface area contributed by atoms with Crippen LogP contribution in [0.15, 0.2) is 12.4 Å². The van der Waals surface area contributed by atoms with E-state index >= 15 is 0 Å². The zero-order valence-corrected chi connectivity index (χ0v) is 8.86. The van der Waals surface area contributed by atoms with E-state index in [0.717, 1.165) is 5.82 Å². The number of imidazole rings is 1. The number of hydrogen-bond donors (Lipinski definition) is 3. The Morgan fingerprint density at radius 2 is 2.67 bits per heavy atom. The molecule has 0 spiro atoms. The minimum atomic E-state index is -0.730. The summed E-state index contributed by atoms with van der Waals surface area (Å²) >= 11 is 0. The Bertz CT molecular complexity index is 302. The Hall–Kier alpha value is -0.910. The number of nitrogens with one attached hydrogen (secondary N) is 2. The Morgan fingerprint density at radius 3 is 3.27 bits per heavy atom. The molecule has 0 saturated carbocycles. The van der Waals surface area contributed by atoms with Crippen LogP contribution in [0, 0.1) is 0 Å². The molecular weight excluding hydrogens is 194 g/mol. The normalized spacial score (nSPS) is 30.9. The molecule has 1 fully saturated rings. The van der Waals surface area contributed by atoms with E-state index in [4.69, 9.17) is 4.74 Å². The number of aliphatic hydroxyl groups is 1. The van der Waals surface area contributed by atoms with Crippen molar-refractivity contribution in [2.24, 2.45) is 0 Å². The Balaban J connectivity index is 1.78. The van der Waals surface area contributed by atoms with Gasteiger partial charge in [0.15, 0.2) is 0 Å². The van der Waals surface area contributed by atoms with Crippen LogP contribution >= 0.6 is 0 Å². The second-order valence-corrected chi connectivity index (χ2v) is 4.01. The third-order valence-corrected chi connectivity index (χ3v) is 2.94. The molecule has 1 aromatic rings. The molecule has 1 aliphatic heterocycles. The fraction of sp³-hybridized carbons (Fsp3) is 0.700. The van der Waals surface area contributed by atoms with Crippen molar-refractivity contribution < 1.29 is 9.84 Å². The van der Waals surface area contributed by atoms with Gasteiger partial charge in [-0.25, -0.2) is 4.98 Å². The molecule has 1 aliphatic rings. The number of nitrogens with zero attached hydrogens (tertiary/aromatic N) is 1. The molecule has 2 heterocycles. The first-order valence-electron chi connectivity index (χ1n) is 5.24. The average molecular weight is 211 g/mol. The van der Waals surface area contributed by atoms with Crippen molar-refractivity contribution in [1.82, 2.24) is 15.3 Å². The Labute approximate surface area is 88.9 Å². The van der Waals surface area contributed by atoms with Crippen molar-refractivity contribution >= 4 is 0 Å². The zero-order chi connectivity index (χ0) is 10.7. The molecule has 84 valence electrons. The van der Waals surface area contributed by atoms with Crippen molar-refractivity contribution in [2.45, 2.75) is 31.6 Å². The van der Waals surface area contributed by atoms with Gasteiger partial charge in [0, 0.05) is 32.0 Å². The lowest BCUT2D eigenvalue weighted by atomic mass is 9.97. The summed E-state index contributed by atoms with van der Waals surface area (Å²) < 4.78 is 5.34. The van der Waals surface area contributed by atoms with Crippen molar-refractivity contribution in [3.63, 3.8) is 0 Å². The van der Waals surface area contributed by atoms with Crippen molar-refractivity contribution in [1.29, 1.82) is 0 Å². The van der Waals surface area contributed by atoms with Crippen LogP contribution in [-0.2, 0) is 11.3 Å². The molecule has 2 unspecified atom stereocenters. The summed E-state index contributed by atoms with van der Waals surface area (Å²) in [7, 11) is 0. The highest BCUT2D eigenvalue weighted by Gasteiger charge is 2.38. The molecule has 2 atom stereocenters. The molecule has 0 aromatic carbocycles. The van der Waals surface area contributed by atoms with E-state index in [9.17, 15) is 5.11 Å². The van der Waals surface area contributed by atoms with Gasteiger partial charge in [-0.3, -0.25) is 0 Å². The Kier molecular flexibility index (Phi) is 3.04. The lowest BCUT2D eigenvalue weighted by Crippen LogP contribution is -2.45. The summed E-state index contributed by atoms with van der Waals surface area (Å²) in [4.78, 5) is 7.09. The van der Waals surface area contributed by atoms with Crippen LogP contribution in [0.5, 0.6) is 0 Å². The minimum absolute atomic E-state index is 0.0957.